The molecule has 0 bridgehead atoms. The SMILES string of the molecule is CCOc1ccc(NC(=O)CCC(=O)NNC(=O)c2ccc(C)cc2)cc1. The smallest absolute Gasteiger partial charge is 0.269 e. The van der Waals surface area contributed by atoms with Gasteiger partial charge in [-0.15, -0.1) is 0 Å². The number of rotatable bonds is 7. The van der Waals surface area contributed by atoms with E-state index in [1.54, 1.807) is 36.4 Å². The van der Waals surface area contributed by atoms with Gasteiger partial charge in [0.15, 0.2) is 0 Å². The molecule has 7 nitrogen and oxygen atoms in total. The van der Waals surface area contributed by atoms with E-state index in [0.29, 0.717) is 17.9 Å². The Hall–Kier alpha value is -3.35. The van der Waals surface area contributed by atoms with Gasteiger partial charge in [0.05, 0.1) is 6.61 Å². The average molecular weight is 369 g/mol. The number of ether oxygens (including phenoxy) is 1. The first kappa shape index (κ1) is 20.0. The fourth-order valence-electron chi connectivity index (χ4n) is 2.22. The van der Waals surface area contributed by atoms with Crippen LogP contribution in [-0.4, -0.2) is 24.3 Å². The zero-order chi connectivity index (χ0) is 19.6. The largest absolute Gasteiger partial charge is 0.494 e. The van der Waals surface area contributed by atoms with Crippen molar-refractivity contribution in [1.29, 1.82) is 0 Å². The second kappa shape index (κ2) is 9.96. The lowest BCUT2D eigenvalue weighted by Crippen LogP contribution is -2.41. The fourth-order valence-corrected chi connectivity index (χ4v) is 2.22. The van der Waals surface area contributed by atoms with Gasteiger partial charge in [-0.3, -0.25) is 25.2 Å². The van der Waals surface area contributed by atoms with Crippen LogP contribution in [0, 0.1) is 6.92 Å². The topological polar surface area (TPSA) is 96.5 Å². The molecule has 0 spiro atoms. The predicted octanol–water partition coefficient (Wildman–Crippen LogP) is 2.57. The summed E-state index contributed by atoms with van der Waals surface area (Å²) in [7, 11) is 0. The zero-order valence-electron chi connectivity index (χ0n) is 15.4. The summed E-state index contributed by atoms with van der Waals surface area (Å²) in [5.74, 6) is -0.433. The molecular weight excluding hydrogens is 346 g/mol. The summed E-state index contributed by atoms with van der Waals surface area (Å²) in [6.45, 7) is 4.38. The maximum Gasteiger partial charge on any atom is 0.269 e. The number of hydrogen-bond acceptors (Lipinski definition) is 4. The molecule has 0 aliphatic carbocycles. The van der Waals surface area contributed by atoms with E-state index in [-0.39, 0.29) is 18.7 Å². The van der Waals surface area contributed by atoms with Crippen LogP contribution in [-0.2, 0) is 9.59 Å². The lowest BCUT2D eigenvalue weighted by Gasteiger charge is -2.09. The van der Waals surface area contributed by atoms with Crippen molar-refractivity contribution in [2.75, 3.05) is 11.9 Å². The van der Waals surface area contributed by atoms with Crippen molar-refractivity contribution in [2.45, 2.75) is 26.7 Å². The van der Waals surface area contributed by atoms with Gasteiger partial charge in [-0.2, -0.15) is 0 Å². The van der Waals surface area contributed by atoms with Crippen molar-refractivity contribution in [3.8, 4) is 5.75 Å². The monoisotopic (exact) mass is 369 g/mol. The zero-order valence-corrected chi connectivity index (χ0v) is 15.4. The lowest BCUT2D eigenvalue weighted by atomic mass is 10.1. The molecule has 0 aliphatic heterocycles. The summed E-state index contributed by atoms with van der Waals surface area (Å²) in [6.07, 6.45) is -0.0452. The van der Waals surface area contributed by atoms with Crippen molar-refractivity contribution < 1.29 is 19.1 Å². The molecule has 0 aliphatic rings. The van der Waals surface area contributed by atoms with Gasteiger partial charge in [0.2, 0.25) is 11.8 Å². The molecule has 7 heteroatoms. The molecule has 0 radical (unpaired) electrons. The number of carbonyl (C=O) groups is 3. The number of benzene rings is 2. The van der Waals surface area contributed by atoms with Gasteiger partial charge in [0.25, 0.3) is 5.91 Å². The summed E-state index contributed by atoms with van der Waals surface area (Å²) in [5.41, 5.74) is 6.72. The Kier molecular flexibility index (Phi) is 7.37. The third-order valence-electron chi connectivity index (χ3n) is 3.66. The summed E-state index contributed by atoms with van der Waals surface area (Å²) in [4.78, 5) is 35.6. The average Bonchev–Trinajstić information content (AvgIpc) is 2.67. The second-order valence-corrected chi connectivity index (χ2v) is 5.87. The maximum atomic E-state index is 11.9. The molecule has 0 atom stereocenters. The molecule has 2 rings (SSSR count). The Morgan fingerprint density at radius 2 is 1.48 bits per heavy atom. The third kappa shape index (κ3) is 6.81. The molecule has 0 aromatic heterocycles. The molecule has 2 aromatic carbocycles. The molecule has 0 unspecified atom stereocenters. The van der Waals surface area contributed by atoms with Crippen molar-refractivity contribution in [3.05, 3.63) is 59.7 Å². The molecule has 0 fully saturated rings. The predicted molar refractivity (Wildman–Crippen MR) is 102 cm³/mol. The Balaban J connectivity index is 1.70. The molecule has 27 heavy (non-hydrogen) atoms. The number of anilines is 1. The van der Waals surface area contributed by atoms with Crippen LogP contribution in [0.25, 0.3) is 0 Å². The van der Waals surface area contributed by atoms with Crippen molar-refractivity contribution >= 4 is 23.4 Å². The number of amides is 3. The second-order valence-electron chi connectivity index (χ2n) is 5.87. The Morgan fingerprint density at radius 3 is 2.11 bits per heavy atom. The Labute approximate surface area is 158 Å². The maximum absolute atomic E-state index is 11.9. The van der Waals surface area contributed by atoms with Crippen LogP contribution in [0.2, 0.25) is 0 Å². The van der Waals surface area contributed by atoms with Crippen LogP contribution >= 0.6 is 0 Å². The summed E-state index contributed by atoms with van der Waals surface area (Å²) in [5, 5.41) is 2.70. The molecule has 3 N–H and O–H groups in total. The molecule has 142 valence electrons. The van der Waals surface area contributed by atoms with E-state index in [1.165, 1.54) is 0 Å². The Morgan fingerprint density at radius 1 is 0.852 bits per heavy atom. The molecule has 0 saturated carbocycles. The third-order valence-corrected chi connectivity index (χ3v) is 3.66. The molecule has 2 aromatic rings. The van der Waals surface area contributed by atoms with E-state index in [9.17, 15) is 14.4 Å². The number of aryl methyl sites for hydroxylation is 1. The van der Waals surface area contributed by atoms with Gasteiger partial charge in [-0.1, -0.05) is 17.7 Å². The minimum atomic E-state index is -0.447. The molecule has 0 heterocycles. The van der Waals surface area contributed by atoms with Crippen LogP contribution in [0.4, 0.5) is 5.69 Å². The number of hydrogen-bond donors (Lipinski definition) is 3. The Bertz CT molecular complexity index is 786. The highest BCUT2D eigenvalue weighted by molar-refractivity contribution is 5.96. The van der Waals surface area contributed by atoms with Crippen LogP contribution in [0.5, 0.6) is 5.75 Å². The quantitative estimate of drug-likeness (QED) is 0.654. The minimum Gasteiger partial charge on any atom is -0.494 e. The molecule has 3 amide bonds. The van der Waals surface area contributed by atoms with Gasteiger partial charge in [-0.05, 0) is 50.2 Å². The summed E-state index contributed by atoms with van der Waals surface area (Å²) >= 11 is 0. The normalized spacial score (nSPS) is 10.0. The first-order valence-corrected chi connectivity index (χ1v) is 8.66. The van der Waals surface area contributed by atoms with Crippen LogP contribution in [0.15, 0.2) is 48.5 Å². The van der Waals surface area contributed by atoms with Gasteiger partial charge >= 0.3 is 0 Å². The lowest BCUT2D eigenvalue weighted by molar-refractivity contribution is -0.124. The van der Waals surface area contributed by atoms with Crippen LogP contribution < -0.4 is 20.9 Å². The van der Waals surface area contributed by atoms with E-state index in [0.717, 1.165) is 11.3 Å². The van der Waals surface area contributed by atoms with E-state index in [4.69, 9.17) is 4.74 Å². The first-order valence-electron chi connectivity index (χ1n) is 8.66. The molecular formula is C20H23N3O4. The standard InChI is InChI=1S/C20H23N3O4/c1-3-27-17-10-8-16(9-11-17)21-18(24)12-13-19(25)22-23-20(26)15-6-4-14(2)5-7-15/h4-11H,3,12-13H2,1-2H3,(H,21,24)(H,22,25)(H,23,26). The van der Waals surface area contributed by atoms with E-state index < -0.39 is 11.8 Å². The number of carbonyl (C=O) groups excluding carboxylic acids is 3. The molecule has 0 saturated heterocycles. The highest BCUT2D eigenvalue weighted by Crippen LogP contribution is 2.15. The van der Waals surface area contributed by atoms with E-state index in [2.05, 4.69) is 16.2 Å². The van der Waals surface area contributed by atoms with Crippen molar-refractivity contribution in [2.24, 2.45) is 0 Å². The minimum absolute atomic E-state index is 0.000549. The van der Waals surface area contributed by atoms with E-state index >= 15 is 0 Å². The fraction of sp³-hybridized carbons (Fsp3) is 0.250. The van der Waals surface area contributed by atoms with Gasteiger partial charge in [0.1, 0.15) is 5.75 Å². The van der Waals surface area contributed by atoms with Gasteiger partial charge in [-0.25, -0.2) is 0 Å². The summed E-state index contributed by atoms with van der Waals surface area (Å²) < 4.78 is 5.33. The van der Waals surface area contributed by atoms with Crippen LogP contribution in [0.1, 0.15) is 35.7 Å². The van der Waals surface area contributed by atoms with Crippen molar-refractivity contribution in [3.63, 3.8) is 0 Å². The summed E-state index contributed by atoms with van der Waals surface area (Å²) in [6, 6.07) is 13.9. The van der Waals surface area contributed by atoms with Gasteiger partial charge < -0.3 is 10.1 Å². The highest BCUT2D eigenvalue weighted by atomic mass is 16.5. The van der Waals surface area contributed by atoms with Crippen LogP contribution in [0.3, 0.4) is 0 Å². The van der Waals surface area contributed by atoms with E-state index in [1.807, 2.05) is 26.0 Å². The van der Waals surface area contributed by atoms with Gasteiger partial charge in [0, 0.05) is 24.1 Å². The number of nitrogens with one attached hydrogen (secondary N) is 3. The highest BCUT2D eigenvalue weighted by Gasteiger charge is 2.10. The number of hydrazine groups is 1. The van der Waals surface area contributed by atoms with Crippen molar-refractivity contribution in [1.82, 2.24) is 10.9 Å². The first-order chi connectivity index (χ1) is 13.0.